The molecule has 0 unspecified atom stereocenters. The summed E-state index contributed by atoms with van der Waals surface area (Å²) in [5, 5.41) is 7.76. The number of anilines is 2. The van der Waals surface area contributed by atoms with Crippen LogP contribution in [-0.4, -0.2) is 23.5 Å². The van der Waals surface area contributed by atoms with E-state index in [0.29, 0.717) is 11.5 Å². The predicted molar refractivity (Wildman–Crippen MR) is 85.8 cm³/mol. The zero-order valence-corrected chi connectivity index (χ0v) is 12.5. The molecule has 1 heterocycles. The van der Waals surface area contributed by atoms with Gasteiger partial charge in [0.05, 0.1) is 6.54 Å². The molecule has 0 bridgehead atoms. The molecule has 1 aromatic carbocycles. The van der Waals surface area contributed by atoms with Crippen LogP contribution in [0, 0.1) is 13.8 Å². The molecule has 3 N–H and O–H groups in total. The highest BCUT2D eigenvalue weighted by Gasteiger charge is 2.06. The van der Waals surface area contributed by atoms with Crippen LogP contribution < -0.4 is 16.0 Å². The van der Waals surface area contributed by atoms with Crippen molar-refractivity contribution < 1.29 is 9.59 Å². The summed E-state index contributed by atoms with van der Waals surface area (Å²) in [7, 11) is 0. The lowest BCUT2D eigenvalue weighted by molar-refractivity contribution is -0.115. The fourth-order valence-corrected chi connectivity index (χ4v) is 1.79. The van der Waals surface area contributed by atoms with Crippen LogP contribution in [-0.2, 0) is 4.79 Å². The van der Waals surface area contributed by atoms with Crippen LogP contribution in [0.4, 0.5) is 16.3 Å². The first-order valence-electron chi connectivity index (χ1n) is 6.87. The number of urea groups is 1. The number of rotatable bonds is 4. The number of hydrogen-bond donors (Lipinski definition) is 3. The topological polar surface area (TPSA) is 83.1 Å². The standard InChI is InChI=1S/C16H18N4O2/c1-11-4-3-5-13(8-11)19-16(22)18-10-15(21)20-14-7-6-12(2)9-17-14/h3-9H,10H2,1-2H3,(H,17,20,21)(H2,18,19,22). The van der Waals surface area contributed by atoms with Gasteiger partial charge < -0.3 is 16.0 Å². The summed E-state index contributed by atoms with van der Waals surface area (Å²) in [6.07, 6.45) is 1.66. The van der Waals surface area contributed by atoms with Gasteiger partial charge in [0.2, 0.25) is 5.91 Å². The van der Waals surface area contributed by atoms with Gasteiger partial charge in [-0.05, 0) is 43.2 Å². The van der Waals surface area contributed by atoms with E-state index in [-0.39, 0.29) is 12.5 Å². The summed E-state index contributed by atoms with van der Waals surface area (Å²) in [6.45, 7) is 3.72. The van der Waals surface area contributed by atoms with Crippen molar-refractivity contribution in [3.05, 3.63) is 53.7 Å². The Morgan fingerprint density at radius 2 is 1.86 bits per heavy atom. The minimum absolute atomic E-state index is 0.132. The quantitative estimate of drug-likeness (QED) is 0.810. The average Bonchev–Trinajstić information content (AvgIpc) is 2.48. The third-order valence-corrected chi connectivity index (χ3v) is 2.86. The fraction of sp³-hybridized carbons (Fsp3) is 0.188. The fourth-order valence-electron chi connectivity index (χ4n) is 1.79. The molecule has 0 saturated carbocycles. The molecule has 2 aromatic rings. The van der Waals surface area contributed by atoms with Crippen LogP contribution in [0.25, 0.3) is 0 Å². The van der Waals surface area contributed by atoms with Gasteiger partial charge in [-0.2, -0.15) is 0 Å². The summed E-state index contributed by atoms with van der Waals surface area (Å²) < 4.78 is 0. The van der Waals surface area contributed by atoms with Gasteiger partial charge >= 0.3 is 6.03 Å². The highest BCUT2D eigenvalue weighted by molar-refractivity contribution is 5.96. The van der Waals surface area contributed by atoms with Gasteiger partial charge in [-0.3, -0.25) is 4.79 Å². The maximum Gasteiger partial charge on any atom is 0.319 e. The molecule has 0 aliphatic carbocycles. The first-order chi connectivity index (χ1) is 10.5. The summed E-state index contributed by atoms with van der Waals surface area (Å²) >= 11 is 0. The van der Waals surface area contributed by atoms with Crippen LogP contribution in [0.1, 0.15) is 11.1 Å². The van der Waals surface area contributed by atoms with Crippen molar-refractivity contribution in [2.75, 3.05) is 17.2 Å². The molecule has 0 radical (unpaired) electrons. The van der Waals surface area contributed by atoms with Crippen molar-refractivity contribution in [2.24, 2.45) is 0 Å². The van der Waals surface area contributed by atoms with Crippen LogP contribution in [0.2, 0.25) is 0 Å². The van der Waals surface area contributed by atoms with Gasteiger partial charge in [0.1, 0.15) is 5.82 Å². The third kappa shape index (κ3) is 4.90. The normalized spacial score (nSPS) is 9.91. The summed E-state index contributed by atoms with van der Waals surface area (Å²) in [5.41, 5.74) is 2.73. The second-order valence-electron chi connectivity index (χ2n) is 4.95. The monoisotopic (exact) mass is 298 g/mol. The Bertz CT molecular complexity index is 668. The highest BCUT2D eigenvalue weighted by Crippen LogP contribution is 2.09. The molecule has 6 heteroatoms. The number of aryl methyl sites for hydroxylation is 2. The van der Waals surface area contributed by atoms with Crippen molar-refractivity contribution >= 4 is 23.4 Å². The second-order valence-corrected chi connectivity index (χ2v) is 4.95. The predicted octanol–water partition coefficient (Wildman–Crippen LogP) is 2.46. The van der Waals surface area contributed by atoms with Crippen molar-refractivity contribution in [3.63, 3.8) is 0 Å². The molecule has 22 heavy (non-hydrogen) atoms. The lowest BCUT2D eigenvalue weighted by Gasteiger charge is -2.08. The molecule has 114 valence electrons. The maximum atomic E-state index is 11.7. The molecule has 3 amide bonds. The third-order valence-electron chi connectivity index (χ3n) is 2.86. The Labute approximate surface area is 129 Å². The van der Waals surface area contributed by atoms with E-state index < -0.39 is 6.03 Å². The molecule has 0 spiro atoms. The molecule has 0 aliphatic heterocycles. The Morgan fingerprint density at radius 3 is 2.55 bits per heavy atom. The highest BCUT2D eigenvalue weighted by atomic mass is 16.2. The van der Waals surface area contributed by atoms with E-state index in [1.807, 2.05) is 38.1 Å². The first-order valence-corrected chi connectivity index (χ1v) is 6.87. The molecular formula is C16H18N4O2. The van der Waals surface area contributed by atoms with Crippen LogP contribution in [0.15, 0.2) is 42.6 Å². The number of nitrogens with one attached hydrogen (secondary N) is 3. The largest absolute Gasteiger partial charge is 0.329 e. The smallest absolute Gasteiger partial charge is 0.319 e. The van der Waals surface area contributed by atoms with Crippen molar-refractivity contribution in [1.29, 1.82) is 0 Å². The van der Waals surface area contributed by atoms with E-state index in [4.69, 9.17) is 0 Å². The summed E-state index contributed by atoms with van der Waals surface area (Å²) in [6, 6.07) is 10.5. The lowest BCUT2D eigenvalue weighted by atomic mass is 10.2. The minimum Gasteiger partial charge on any atom is -0.329 e. The minimum atomic E-state index is -0.433. The van der Waals surface area contributed by atoms with Gasteiger partial charge in [-0.15, -0.1) is 0 Å². The zero-order valence-electron chi connectivity index (χ0n) is 12.5. The number of amides is 3. The van der Waals surface area contributed by atoms with Crippen molar-refractivity contribution in [3.8, 4) is 0 Å². The zero-order chi connectivity index (χ0) is 15.9. The van der Waals surface area contributed by atoms with E-state index in [1.54, 1.807) is 18.3 Å². The molecule has 0 fully saturated rings. The van der Waals surface area contributed by atoms with Gasteiger partial charge in [0.15, 0.2) is 0 Å². The number of carbonyl (C=O) groups is 2. The average molecular weight is 298 g/mol. The molecule has 0 aliphatic rings. The summed E-state index contributed by atoms with van der Waals surface area (Å²) in [5.74, 6) is 0.118. The van der Waals surface area contributed by atoms with Crippen LogP contribution >= 0.6 is 0 Å². The Hall–Kier alpha value is -2.89. The summed E-state index contributed by atoms with van der Waals surface area (Å²) in [4.78, 5) is 27.5. The Morgan fingerprint density at radius 1 is 1.05 bits per heavy atom. The number of pyridine rings is 1. The van der Waals surface area contributed by atoms with Gasteiger partial charge in [0.25, 0.3) is 0 Å². The Balaban J connectivity index is 1.78. The van der Waals surface area contributed by atoms with E-state index in [2.05, 4.69) is 20.9 Å². The number of carbonyl (C=O) groups excluding carboxylic acids is 2. The number of benzene rings is 1. The van der Waals surface area contributed by atoms with Gasteiger partial charge in [-0.25, -0.2) is 9.78 Å². The Kier molecular flexibility index (Phi) is 5.08. The van der Waals surface area contributed by atoms with Gasteiger partial charge in [-0.1, -0.05) is 18.2 Å². The molecular weight excluding hydrogens is 280 g/mol. The number of aromatic nitrogens is 1. The van der Waals surface area contributed by atoms with E-state index in [0.717, 1.165) is 11.1 Å². The number of hydrogen-bond acceptors (Lipinski definition) is 3. The van der Waals surface area contributed by atoms with Crippen molar-refractivity contribution in [2.45, 2.75) is 13.8 Å². The first kappa shape index (κ1) is 15.5. The van der Waals surface area contributed by atoms with E-state index in [9.17, 15) is 9.59 Å². The SMILES string of the molecule is Cc1ccc(NC(=O)CNC(=O)Nc2cccc(C)c2)nc1. The molecule has 0 saturated heterocycles. The van der Waals surface area contributed by atoms with Gasteiger partial charge in [0, 0.05) is 11.9 Å². The van der Waals surface area contributed by atoms with E-state index >= 15 is 0 Å². The van der Waals surface area contributed by atoms with Crippen LogP contribution in [0.3, 0.4) is 0 Å². The molecule has 6 nitrogen and oxygen atoms in total. The van der Waals surface area contributed by atoms with E-state index in [1.165, 1.54) is 0 Å². The maximum absolute atomic E-state index is 11.7. The van der Waals surface area contributed by atoms with Crippen molar-refractivity contribution in [1.82, 2.24) is 10.3 Å². The molecule has 1 aromatic heterocycles. The molecule has 2 rings (SSSR count). The second kappa shape index (κ2) is 7.21. The van der Waals surface area contributed by atoms with Crippen LogP contribution in [0.5, 0.6) is 0 Å². The number of nitrogens with zero attached hydrogens (tertiary/aromatic N) is 1. The molecule has 0 atom stereocenters. The lowest BCUT2D eigenvalue weighted by Crippen LogP contribution is -2.35.